The largest absolute Gasteiger partial charge is 0.466 e. The molecule has 32 heavy (non-hydrogen) atoms. The maximum absolute atomic E-state index is 12.5. The van der Waals surface area contributed by atoms with Crippen LogP contribution >= 0.6 is 15.9 Å². The van der Waals surface area contributed by atoms with Gasteiger partial charge in [0.25, 0.3) is 0 Å². The van der Waals surface area contributed by atoms with Gasteiger partial charge < -0.3 is 14.4 Å². The number of hydrogen-bond donors (Lipinski definition) is 0. The zero-order chi connectivity index (χ0) is 22.5. The molecular formula is C24H26BrF2N3O2. The van der Waals surface area contributed by atoms with Crippen LogP contribution in [0.3, 0.4) is 0 Å². The monoisotopic (exact) mass is 505 g/mol. The molecule has 0 radical (unpaired) electrons. The first-order valence-corrected chi connectivity index (χ1v) is 11.8. The lowest BCUT2D eigenvalue weighted by Gasteiger charge is -2.51. The number of fused-ring (bicyclic) bond motifs is 4. The summed E-state index contributed by atoms with van der Waals surface area (Å²) in [6.45, 7) is 3.53. The predicted octanol–water partition coefficient (Wildman–Crippen LogP) is 5.79. The second-order valence-electron chi connectivity index (χ2n) is 8.87. The molecule has 1 saturated heterocycles. The molecule has 170 valence electrons. The molecule has 3 heterocycles. The first-order valence-electron chi connectivity index (χ1n) is 11.0. The highest BCUT2D eigenvalue weighted by atomic mass is 79.9. The molecule has 2 aromatic carbocycles. The predicted molar refractivity (Wildman–Crippen MR) is 122 cm³/mol. The van der Waals surface area contributed by atoms with Crippen molar-refractivity contribution in [3.8, 4) is 11.5 Å². The van der Waals surface area contributed by atoms with Crippen LogP contribution in [-0.4, -0.2) is 47.1 Å². The number of benzene rings is 2. The molecule has 0 amide bonds. The molecule has 3 aliphatic rings. The smallest absolute Gasteiger partial charge is 0.387 e. The Morgan fingerprint density at radius 1 is 1.12 bits per heavy atom. The molecule has 0 aliphatic carbocycles. The molecule has 3 aliphatic heterocycles. The van der Waals surface area contributed by atoms with Gasteiger partial charge in [0.2, 0.25) is 5.72 Å². The van der Waals surface area contributed by atoms with Crippen molar-refractivity contribution in [2.45, 2.75) is 57.5 Å². The Balaban J connectivity index is 1.48. The number of hydrogen-bond acceptors (Lipinski definition) is 5. The summed E-state index contributed by atoms with van der Waals surface area (Å²) in [5, 5.41) is 7.21. The standard InChI is InChI=1S/C24H26BrF2N3O2/c1-15(2)29-11-9-24(10-12-29)30-21(19-13-17(25)5-8-22(19)32-24)14-20(28-30)16-3-6-18(7-4-16)31-23(26)27/h3-8,13,15,21,23H,9-12,14H2,1-2H3. The van der Waals surface area contributed by atoms with Crippen LogP contribution in [0.1, 0.15) is 50.3 Å². The van der Waals surface area contributed by atoms with Crippen molar-refractivity contribution in [1.82, 2.24) is 9.91 Å². The van der Waals surface area contributed by atoms with Gasteiger partial charge in [-0.1, -0.05) is 15.9 Å². The number of piperidine rings is 1. The molecule has 5 rings (SSSR count). The number of ether oxygens (including phenoxy) is 2. The maximum Gasteiger partial charge on any atom is 0.387 e. The summed E-state index contributed by atoms with van der Waals surface area (Å²) in [7, 11) is 0. The average Bonchev–Trinajstić information content (AvgIpc) is 3.22. The first-order chi connectivity index (χ1) is 15.3. The van der Waals surface area contributed by atoms with Gasteiger partial charge in [-0.05, 0) is 61.9 Å². The van der Waals surface area contributed by atoms with Gasteiger partial charge in [0.05, 0.1) is 11.8 Å². The van der Waals surface area contributed by atoms with E-state index in [1.807, 2.05) is 12.1 Å². The summed E-state index contributed by atoms with van der Waals surface area (Å²) in [5.74, 6) is 1.07. The Labute approximate surface area is 195 Å². The lowest BCUT2D eigenvalue weighted by molar-refractivity contribution is -0.152. The topological polar surface area (TPSA) is 37.3 Å². The van der Waals surface area contributed by atoms with Crippen LogP contribution in [0.4, 0.5) is 8.78 Å². The molecule has 2 aromatic rings. The van der Waals surface area contributed by atoms with Crippen LogP contribution in [0, 0.1) is 0 Å². The van der Waals surface area contributed by atoms with E-state index < -0.39 is 12.3 Å². The number of rotatable bonds is 4. The zero-order valence-corrected chi connectivity index (χ0v) is 19.7. The maximum atomic E-state index is 12.5. The van der Waals surface area contributed by atoms with E-state index in [4.69, 9.17) is 9.84 Å². The van der Waals surface area contributed by atoms with Gasteiger partial charge in [-0.25, -0.2) is 5.01 Å². The van der Waals surface area contributed by atoms with Crippen molar-refractivity contribution in [3.63, 3.8) is 0 Å². The third-order valence-electron chi connectivity index (χ3n) is 6.68. The summed E-state index contributed by atoms with van der Waals surface area (Å²) >= 11 is 3.59. The van der Waals surface area contributed by atoms with Crippen LogP contribution in [0.25, 0.3) is 0 Å². The molecule has 0 bridgehead atoms. The van der Waals surface area contributed by atoms with Crippen molar-refractivity contribution in [2.75, 3.05) is 13.1 Å². The summed E-state index contributed by atoms with van der Waals surface area (Å²) in [6.07, 6.45) is 2.47. The van der Waals surface area contributed by atoms with Crippen LogP contribution in [0.15, 0.2) is 52.0 Å². The van der Waals surface area contributed by atoms with Crippen molar-refractivity contribution >= 4 is 21.6 Å². The Hall–Kier alpha value is -2.19. The quantitative estimate of drug-likeness (QED) is 0.526. The van der Waals surface area contributed by atoms with Gasteiger partial charge in [-0.15, -0.1) is 0 Å². The molecule has 1 atom stereocenters. The lowest BCUT2D eigenvalue weighted by Crippen LogP contribution is -2.59. The molecule has 1 unspecified atom stereocenters. The van der Waals surface area contributed by atoms with E-state index in [1.54, 1.807) is 24.3 Å². The van der Waals surface area contributed by atoms with E-state index in [0.717, 1.165) is 59.4 Å². The minimum Gasteiger partial charge on any atom is -0.466 e. The fourth-order valence-electron chi connectivity index (χ4n) is 4.98. The lowest BCUT2D eigenvalue weighted by atomic mass is 9.90. The minimum atomic E-state index is -2.83. The Kier molecular flexibility index (Phi) is 5.61. The molecule has 0 saturated carbocycles. The molecule has 0 N–H and O–H groups in total. The second kappa shape index (κ2) is 8.30. The highest BCUT2D eigenvalue weighted by Gasteiger charge is 2.52. The minimum absolute atomic E-state index is 0.0776. The number of hydrazone groups is 1. The molecule has 8 heteroatoms. The van der Waals surface area contributed by atoms with Crippen molar-refractivity contribution < 1.29 is 18.3 Å². The van der Waals surface area contributed by atoms with E-state index in [1.165, 1.54) is 0 Å². The first kappa shape index (κ1) is 21.6. The number of likely N-dealkylation sites (tertiary alicyclic amines) is 1. The highest BCUT2D eigenvalue weighted by molar-refractivity contribution is 9.10. The van der Waals surface area contributed by atoms with E-state index in [2.05, 4.69) is 50.5 Å². The number of halogens is 3. The zero-order valence-electron chi connectivity index (χ0n) is 18.1. The average molecular weight is 506 g/mol. The van der Waals surface area contributed by atoms with Crippen molar-refractivity contribution in [3.05, 3.63) is 58.1 Å². The molecule has 0 aromatic heterocycles. The van der Waals surface area contributed by atoms with Crippen molar-refractivity contribution in [2.24, 2.45) is 5.10 Å². The fraction of sp³-hybridized carbons (Fsp3) is 0.458. The van der Waals surface area contributed by atoms with Gasteiger partial charge in [-0.3, -0.25) is 0 Å². The third-order valence-corrected chi connectivity index (χ3v) is 7.17. The number of alkyl halides is 2. The summed E-state index contributed by atoms with van der Waals surface area (Å²) in [4.78, 5) is 2.48. The summed E-state index contributed by atoms with van der Waals surface area (Å²) in [5.41, 5.74) is 2.48. The molecule has 1 spiro atoms. The van der Waals surface area contributed by atoms with Gasteiger partial charge in [-0.2, -0.15) is 13.9 Å². The van der Waals surface area contributed by atoms with E-state index in [0.29, 0.717) is 6.04 Å². The molecular weight excluding hydrogens is 480 g/mol. The van der Waals surface area contributed by atoms with Gasteiger partial charge in [0, 0.05) is 48.4 Å². The Morgan fingerprint density at radius 3 is 2.50 bits per heavy atom. The van der Waals surface area contributed by atoms with Crippen LogP contribution in [-0.2, 0) is 0 Å². The van der Waals surface area contributed by atoms with Crippen LogP contribution < -0.4 is 9.47 Å². The molecule has 5 nitrogen and oxygen atoms in total. The Bertz CT molecular complexity index is 1020. The third kappa shape index (κ3) is 3.88. The summed E-state index contributed by atoms with van der Waals surface area (Å²) in [6, 6.07) is 13.5. The molecule has 1 fully saturated rings. The van der Waals surface area contributed by atoms with Crippen molar-refractivity contribution in [1.29, 1.82) is 0 Å². The Morgan fingerprint density at radius 2 is 1.84 bits per heavy atom. The second-order valence-corrected chi connectivity index (χ2v) is 9.79. The van der Waals surface area contributed by atoms with E-state index in [-0.39, 0.29) is 11.8 Å². The van der Waals surface area contributed by atoms with Gasteiger partial charge in [0.15, 0.2) is 0 Å². The summed E-state index contributed by atoms with van der Waals surface area (Å²) < 4.78 is 37.2. The van der Waals surface area contributed by atoms with E-state index >= 15 is 0 Å². The van der Waals surface area contributed by atoms with Gasteiger partial charge in [0.1, 0.15) is 11.5 Å². The SMILES string of the molecule is CC(C)N1CCC2(CC1)Oc1ccc(Br)cc1C1CC(c3ccc(OC(F)F)cc3)=NN12. The van der Waals surface area contributed by atoms with Gasteiger partial charge >= 0.3 is 6.61 Å². The number of nitrogens with zero attached hydrogens (tertiary/aromatic N) is 3. The van der Waals surface area contributed by atoms with E-state index in [9.17, 15) is 8.78 Å². The normalized spacial score (nSPS) is 22.0. The highest BCUT2D eigenvalue weighted by Crippen LogP contribution is 2.50. The van der Waals surface area contributed by atoms with Crippen LogP contribution in [0.2, 0.25) is 0 Å². The fourth-order valence-corrected chi connectivity index (χ4v) is 5.36. The van der Waals surface area contributed by atoms with Crippen LogP contribution in [0.5, 0.6) is 11.5 Å².